The Labute approximate surface area is 232 Å². The van der Waals surface area contributed by atoms with Gasteiger partial charge in [0.05, 0.1) is 18.5 Å². The van der Waals surface area contributed by atoms with Crippen molar-refractivity contribution in [3.63, 3.8) is 0 Å². The van der Waals surface area contributed by atoms with E-state index in [1.807, 2.05) is 44.7 Å². The van der Waals surface area contributed by atoms with E-state index in [-0.39, 0.29) is 24.4 Å². The zero-order valence-electron chi connectivity index (χ0n) is 23.8. The maximum atomic E-state index is 13.8. The van der Waals surface area contributed by atoms with Gasteiger partial charge in [-0.2, -0.15) is 0 Å². The van der Waals surface area contributed by atoms with Gasteiger partial charge in [-0.1, -0.05) is 101 Å². The minimum Gasteiger partial charge on any atom is -0.344 e. The molecule has 2 atom stereocenters. The SMILES string of the molecule is CCCCC(CN(O)C=O)C(=O)NC(C(=O)N1CCN(C(c2ccccc2)c2ccccc2)CC1)C(C)(C)C. The van der Waals surface area contributed by atoms with Crippen LogP contribution in [0.25, 0.3) is 0 Å². The largest absolute Gasteiger partial charge is 0.344 e. The molecule has 0 saturated carbocycles. The fraction of sp³-hybridized carbons (Fsp3) is 0.516. The van der Waals surface area contributed by atoms with Gasteiger partial charge in [0, 0.05) is 26.2 Å². The van der Waals surface area contributed by atoms with Gasteiger partial charge in [-0.05, 0) is 23.0 Å². The molecule has 1 aliphatic heterocycles. The molecule has 0 spiro atoms. The molecule has 39 heavy (non-hydrogen) atoms. The van der Waals surface area contributed by atoms with Crippen LogP contribution in [0.3, 0.4) is 0 Å². The molecule has 3 rings (SSSR count). The number of nitrogens with one attached hydrogen (secondary N) is 1. The summed E-state index contributed by atoms with van der Waals surface area (Å²) in [4.78, 5) is 42.3. The summed E-state index contributed by atoms with van der Waals surface area (Å²) in [6.07, 6.45) is 2.49. The molecule has 0 aliphatic carbocycles. The number of piperazine rings is 1. The highest BCUT2D eigenvalue weighted by atomic mass is 16.5. The van der Waals surface area contributed by atoms with Crippen molar-refractivity contribution in [2.45, 2.75) is 59.0 Å². The first kappa shape index (κ1) is 30.3. The summed E-state index contributed by atoms with van der Waals surface area (Å²) in [6.45, 7) is 10.3. The molecule has 0 aromatic heterocycles. The van der Waals surface area contributed by atoms with Crippen molar-refractivity contribution >= 4 is 18.2 Å². The highest BCUT2D eigenvalue weighted by molar-refractivity contribution is 5.89. The van der Waals surface area contributed by atoms with Crippen LogP contribution in [0.5, 0.6) is 0 Å². The molecule has 1 heterocycles. The van der Waals surface area contributed by atoms with Gasteiger partial charge in [-0.25, -0.2) is 5.06 Å². The highest BCUT2D eigenvalue weighted by Crippen LogP contribution is 2.30. The molecule has 1 fully saturated rings. The number of unbranched alkanes of at least 4 members (excludes halogenated alkanes) is 1. The number of rotatable bonds is 12. The van der Waals surface area contributed by atoms with Gasteiger partial charge in [0.2, 0.25) is 18.2 Å². The maximum absolute atomic E-state index is 13.8. The first-order valence-electron chi connectivity index (χ1n) is 14.0. The normalized spacial score (nSPS) is 16.0. The first-order valence-corrected chi connectivity index (χ1v) is 14.0. The van der Waals surface area contributed by atoms with Gasteiger partial charge in [-0.15, -0.1) is 0 Å². The summed E-state index contributed by atoms with van der Waals surface area (Å²) in [5.74, 6) is -1.01. The van der Waals surface area contributed by atoms with Crippen LogP contribution in [-0.4, -0.2) is 77.1 Å². The molecular formula is C31H44N4O4. The summed E-state index contributed by atoms with van der Waals surface area (Å²) in [7, 11) is 0. The van der Waals surface area contributed by atoms with Gasteiger partial charge in [-0.3, -0.25) is 24.5 Å². The molecule has 1 aliphatic rings. The molecule has 8 nitrogen and oxygen atoms in total. The third-order valence-corrected chi connectivity index (χ3v) is 7.43. The van der Waals surface area contributed by atoms with Crippen molar-refractivity contribution in [1.29, 1.82) is 0 Å². The molecule has 2 unspecified atom stereocenters. The van der Waals surface area contributed by atoms with Crippen molar-refractivity contribution < 1.29 is 19.6 Å². The van der Waals surface area contributed by atoms with E-state index in [2.05, 4.69) is 58.7 Å². The van der Waals surface area contributed by atoms with Gasteiger partial charge < -0.3 is 10.2 Å². The van der Waals surface area contributed by atoms with Gasteiger partial charge in [0.1, 0.15) is 6.04 Å². The lowest BCUT2D eigenvalue weighted by molar-refractivity contribution is -0.155. The van der Waals surface area contributed by atoms with Crippen LogP contribution >= 0.6 is 0 Å². The number of nitrogens with zero attached hydrogens (tertiary/aromatic N) is 3. The van der Waals surface area contributed by atoms with Gasteiger partial charge in [0.15, 0.2) is 0 Å². The molecule has 2 N–H and O–H groups in total. The maximum Gasteiger partial charge on any atom is 0.245 e. The fourth-order valence-electron chi connectivity index (χ4n) is 5.20. The number of hydrogen-bond donors (Lipinski definition) is 2. The predicted molar refractivity (Wildman–Crippen MR) is 152 cm³/mol. The van der Waals surface area contributed by atoms with Crippen LogP contribution in [0.15, 0.2) is 60.7 Å². The van der Waals surface area contributed by atoms with Crippen molar-refractivity contribution in [2.24, 2.45) is 11.3 Å². The molecule has 0 bridgehead atoms. The zero-order valence-corrected chi connectivity index (χ0v) is 23.8. The third-order valence-electron chi connectivity index (χ3n) is 7.43. The standard InChI is InChI=1S/C31H44N4O4/c1-5-6-13-26(22-35(39)23-36)29(37)32-28(31(2,3)4)30(38)34-20-18-33(19-21-34)27(24-14-9-7-10-15-24)25-16-11-8-12-17-25/h7-12,14-17,23,26-28,39H,5-6,13,18-22H2,1-4H3,(H,32,37). The molecular weight excluding hydrogens is 492 g/mol. The Morgan fingerprint density at radius 1 is 0.974 bits per heavy atom. The fourth-order valence-corrected chi connectivity index (χ4v) is 5.20. The van der Waals surface area contributed by atoms with Gasteiger partial charge >= 0.3 is 0 Å². The number of hydrogen-bond acceptors (Lipinski definition) is 5. The van der Waals surface area contributed by atoms with E-state index in [9.17, 15) is 19.6 Å². The Balaban J connectivity index is 1.72. The monoisotopic (exact) mass is 536 g/mol. The number of carbonyl (C=O) groups excluding carboxylic acids is 3. The van der Waals surface area contributed by atoms with E-state index in [0.29, 0.717) is 44.1 Å². The molecule has 2 aromatic rings. The molecule has 212 valence electrons. The first-order chi connectivity index (χ1) is 18.7. The summed E-state index contributed by atoms with van der Waals surface area (Å²) >= 11 is 0. The second kappa shape index (κ2) is 14.2. The van der Waals surface area contributed by atoms with E-state index in [1.165, 1.54) is 11.1 Å². The Hall–Kier alpha value is -3.23. The second-order valence-corrected chi connectivity index (χ2v) is 11.5. The molecule has 1 saturated heterocycles. The lowest BCUT2D eigenvalue weighted by Crippen LogP contribution is -2.59. The van der Waals surface area contributed by atoms with Crippen molar-refractivity contribution in [2.75, 3.05) is 32.7 Å². The molecule has 8 heteroatoms. The average Bonchev–Trinajstić information content (AvgIpc) is 2.94. The number of benzene rings is 2. The van der Waals surface area contributed by atoms with Crippen molar-refractivity contribution in [3.05, 3.63) is 71.8 Å². The Kier molecular flexibility index (Phi) is 11.1. The summed E-state index contributed by atoms with van der Waals surface area (Å²) in [5, 5.41) is 13.2. The Bertz CT molecular complexity index is 1010. The van der Waals surface area contributed by atoms with Crippen LogP contribution < -0.4 is 5.32 Å². The van der Waals surface area contributed by atoms with E-state index in [4.69, 9.17) is 0 Å². The number of amides is 3. The molecule has 3 amide bonds. The van der Waals surface area contributed by atoms with Gasteiger partial charge in [0.25, 0.3) is 0 Å². The minimum atomic E-state index is -0.719. The lowest BCUT2D eigenvalue weighted by Gasteiger charge is -2.42. The summed E-state index contributed by atoms with van der Waals surface area (Å²) in [6, 6.07) is 20.2. The summed E-state index contributed by atoms with van der Waals surface area (Å²) in [5.41, 5.74) is 1.92. The topological polar surface area (TPSA) is 93.2 Å². The van der Waals surface area contributed by atoms with E-state index in [1.54, 1.807) is 0 Å². The average molecular weight is 537 g/mol. The van der Waals surface area contributed by atoms with Crippen LogP contribution in [-0.2, 0) is 14.4 Å². The van der Waals surface area contributed by atoms with E-state index < -0.39 is 17.4 Å². The van der Waals surface area contributed by atoms with E-state index in [0.717, 1.165) is 12.8 Å². The van der Waals surface area contributed by atoms with Crippen LogP contribution in [0.2, 0.25) is 0 Å². The lowest BCUT2D eigenvalue weighted by atomic mass is 9.85. The van der Waals surface area contributed by atoms with Crippen LogP contribution in [0, 0.1) is 11.3 Å². The van der Waals surface area contributed by atoms with Crippen molar-refractivity contribution in [1.82, 2.24) is 20.2 Å². The number of carbonyl (C=O) groups is 3. The highest BCUT2D eigenvalue weighted by Gasteiger charge is 2.38. The minimum absolute atomic E-state index is 0.0978. The molecule has 0 radical (unpaired) electrons. The summed E-state index contributed by atoms with van der Waals surface area (Å²) < 4.78 is 0. The van der Waals surface area contributed by atoms with E-state index >= 15 is 0 Å². The second-order valence-electron chi connectivity index (χ2n) is 11.5. The van der Waals surface area contributed by atoms with Crippen molar-refractivity contribution in [3.8, 4) is 0 Å². The van der Waals surface area contributed by atoms with Crippen LogP contribution in [0.4, 0.5) is 0 Å². The Morgan fingerprint density at radius 2 is 1.51 bits per heavy atom. The zero-order chi connectivity index (χ0) is 28.4. The quantitative estimate of drug-likeness (QED) is 0.242. The predicted octanol–water partition coefficient (Wildman–Crippen LogP) is 4.11. The molecule has 2 aromatic carbocycles. The number of hydroxylamine groups is 2. The van der Waals surface area contributed by atoms with Crippen LogP contribution in [0.1, 0.15) is 64.1 Å². The smallest absolute Gasteiger partial charge is 0.245 e. The Morgan fingerprint density at radius 3 is 1.97 bits per heavy atom. The third kappa shape index (κ3) is 8.38.